The molecular weight excluding hydrogens is 294 g/mol. The van der Waals surface area contributed by atoms with Gasteiger partial charge in [0, 0.05) is 31.6 Å². The van der Waals surface area contributed by atoms with Crippen LogP contribution in [0.25, 0.3) is 0 Å². The molecule has 0 bridgehead atoms. The van der Waals surface area contributed by atoms with Crippen LogP contribution in [-0.2, 0) is 14.3 Å². The van der Waals surface area contributed by atoms with Gasteiger partial charge < -0.3 is 15.0 Å². The zero-order valence-corrected chi connectivity index (χ0v) is 14.8. The van der Waals surface area contributed by atoms with Crippen molar-refractivity contribution in [2.45, 2.75) is 58.0 Å². The maximum atomic E-state index is 12.5. The summed E-state index contributed by atoms with van der Waals surface area (Å²) in [6, 6.07) is -0.0968. The first-order valence-corrected chi connectivity index (χ1v) is 8.78. The highest BCUT2D eigenvalue weighted by molar-refractivity contribution is 5.82. The lowest BCUT2D eigenvalue weighted by molar-refractivity contribution is -0.137. The molecule has 2 heterocycles. The number of rotatable bonds is 4. The Hall–Kier alpha value is -1.14. The molecule has 1 atom stereocenters. The quantitative estimate of drug-likeness (QED) is 0.838. The van der Waals surface area contributed by atoms with E-state index in [9.17, 15) is 9.59 Å². The molecule has 2 aliphatic rings. The number of carbonyl (C=O) groups excluding carboxylic acids is 2. The topological polar surface area (TPSA) is 61.9 Å². The summed E-state index contributed by atoms with van der Waals surface area (Å²) < 4.78 is 5.28. The van der Waals surface area contributed by atoms with Crippen molar-refractivity contribution in [2.24, 2.45) is 0 Å². The van der Waals surface area contributed by atoms with Crippen LogP contribution < -0.4 is 5.32 Å². The zero-order chi connectivity index (χ0) is 16.9. The summed E-state index contributed by atoms with van der Waals surface area (Å²) >= 11 is 0. The van der Waals surface area contributed by atoms with Gasteiger partial charge >= 0.3 is 0 Å². The normalized spacial score (nSPS) is 23.6. The first kappa shape index (κ1) is 18.2. The molecule has 0 aromatic heterocycles. The van der Waals surface area contributed by atoms with Crippen molar-refractivity contribution in [2.75, 3.05) is 39.4 Å². The highest BCUT2D eigenvalue weighted by Crippen LogP contribution is 2.18. The number of carbonyl (C=O) groups is 2. The van der Waals surface area contributed by atoms with Crippen LogP contribution in [0.2, 0.25) is 0 Å². The van der Waals surface area contributed by atoms with Gasteiger partial charge in [0.25, 0.3) is 0 Å². The molecule has 6 nitrogen and oxygen atoms in total. The van der Waals surface area contributed by atoms with Crippen LogP contribution in [0.15, 0.2) is 0 Å². The number of nitrogens with one attached hydrogen (secondary N) is 1. The third-order valence-corrected chi connectivity index (χ3v) is 4.39. The molecule has 6 heteroatoms. The number of amides is 2. The third-order valence-electron chi connectivity index (χ3n) is 4.39. The summed E-state index contributed by atoms with van der Waals surface area (Å²) in [6.07, 6.45) is 3.55. The van der Waals surface area contributed by atoms with Crippen molar-refractivity contribution in [3.8, 4) is 0 Å². The Morgan fingerprint density at radius 2 is 1.83 bits per heavy atom. The van der Waals surface area contributed by atoms with Gasteiger partial charge in [0.05, 0.1) is 19.3 Å². The molecule has 0 aromatic carbocycles. The standard InChI is InChI=1S/C17H31N3O3/c1-17(2,3)18-16(22)14-6-4-5-8-19(14)9-7-15(21)20-10-12-23-13-11-20/h14H,4-13H2,1-3H3,(H,18,22)/t14-/m1/s1. The summed E-state index contributed by atoms with van der Waals surface area (Å²) in [5, 5.41) is 3.08. The lowest BCUT2D eigenvalue weighted by atomic mass is 9.99. The molecule has 0 saturated carbocycles. The fourth-order valence-corrected chi connectivity index (χ4v) is 3.22. The van der Waals surface area contributed by atoms with Gasteiger partial charge in [0.2, 0.25) is 11.8 Å². The van der Waals surface area contributed by atoms with E-state index in [1.165, 1.54) is 0 Å². The van der Waals surface area contributed by atoms with Crippen LogP contribution in [0.3, 0.4) is 0 Å². The number of hydrogen-bond donors (Lipinski definition) is 1. The van der Waals surface area contributed by atoms with Gasteiger partial charge in [-0.05, 0) is 40.2 Å². The van der Waals surface area contributed by atoms with Crippen molar-refractivity contribution in [3.63, 3.8) is 0 Å². The van der Waals surface area contributed by atoms with Gasteiger partial charge in [-0.3, -0.25) is 14.5 Å². The predicted molar refractivity (Wildman–Crippen MR) is 89.1 cm³/mol. The smallest absolute Gasteiger partial charge is 0.237 e. The molecule has 132 valence electrons. The largest absolute Gasteiger partial charge is 0.378 e. The summed E-state index contributed by atoms with van der Waals surface area (Å²) in [5.74, 6) is 0.268. The van der Waals surface area contributed by atoms with Crippen LogP contribution >= 0.6 is 0 Å². The Morgan fingerprint density at radius 3 is 2.48 bits per heavy atom. The molecule has 0 radical (unpaired) electrons. The van der Waals surface area contributed by atoms with E-state index in [4.69, 9.17) is 4.74 Å². The van der Waals surface area contributed by atoms with Gasteiger partial charge in [-0.1, -0.05) is 6.42 Å². The Labute approximate surface area is 139 Å². The molecule has 0 unspecified atom stereocenters. The lowest BCUT2D eigenvalue weighted by Gasteiger charge is -2.36. The summed E-state index contributed by atoms with van der Waals surface area (Å²) in [5.41, 5.74) is -0.218. The van der Waals surface area contributed by atoms with E-state index in [0.717, 1.165) is 25.8 Å². The summed E-state index contributed by atoms with van der Waals surface area (Å²) in [6.45, 7) is 10.2. The second kappa shape index (κ2) is 8.11. The van der Waals surface area contributed by atoms with Crippen LogP contribution in [0.1, 0.15) is 46.5 Å². The van der Waals surface area contributed by atoms with E-state index in [1.54, 1.807) is 0 Å². The Bertz CT molecular complexity index is 414. The molecule has 0 spiro atoms. The number of morpholine rings is 1. The van der Waals surface area contributed by atoms with E-state index in [1.807, 2.05) is 25.7 Å². The SMILES string of the molecule is CC(C)(C)NC(=O)[C@H]1CCCCN1CCC(=O)N1CCOCC1. The maximum Gasteiger partial charge on any atom is 0.237 e. The number of likely N-dealkylation sites (tertiary alicyclic amines) is 1. The molecule has 0 aromatic rings. The second-order valence-electron chi connectivity index (χ2n) is 7.53. The summed E-state index contributed by atoms with van der Waals surface area (Å²) in [7, 11) is 0. The lowest BCUT2D eigenvalue weighted by Crippen LogP contribution is -2.54. The van der Waals surface area contributed by atoms with Gasteiger partial charge in [-0.15, -0.1) is 0 Å². The van der Waals surface area contributed by atoms with Crippen molar-refractivity contribution >= 4 is 11.8 Å². The number of ether oxygens (including phenoxy) is 1. The zero-order valence-electron chi connectivity index (χ0n) is 14.8. The number of piperidine rings is 1. The highest BCUT2D eigenvalue weighted by atomic mass is 16.5. The highest BCUT2D eigenvalue weighted by Gasteiger charge is 2.31. The molecule has 2 saturated heterocycles. The second-order valence-corrected chi connectivity index (χ2v) is 7.53. The minimum absolute atomic E-state index is 0.0935. The molecule has 2 fully saturated rings. The minimum atomic E-state index is -0.218. The predicted octanol–water partition coefficient (Wildman–Crippen LogP) is 1.00. The maximum absolute atomic E-state index is 12.5. The monoisotopic (exact) mass is 325 g/mol. The molecular formula is C17H31N3O3. The molecule has 0 aliphatic carbocycles. The van der Waals surface area contributed by atoms with Crippen LogP contribution in [0, 0.1) is 0 Å². The average molecular weight is 325 g/mol. The van der Waals surface area contributed by atoms with Gasteiger partial charge in [0.1, 0.15) is 0 Å². The first-order valence-electron chi connectivity index (χ1n) is 8.78. The minimum Gasteiger partial charge on any atom is -0.378 e. The average Bonchev–Trinajstić information content (AvgIpc) is 2.52. The summed E-state index contributed by atoms with van der Waals surface area (Å²) in [4.78, 5) is 28.9. The first-order chi connectivity index (χ1) is 10.9. The van der Waals surface area contributed by atoms with E-state index in [2.05, 4.69) is 10.2 Å². The molecule has 23 heavy (non-hydrogen) atoms. The van der Waals surface area contributed by atoms with Crippen molar-refractivity contribution in [1.29, 1.82) is 0 Å². The van der Waals surface area contributed by atoms with Crippen LogP contribution in [-0.4, -0.2) is 72.6 Å². The fraction of sp³-hybridized carbons (Fsp3) is 0.882. The van der Waals surface area contributed by atoms with Gasteiger partial charge in [0.15, 0.2) is 0 Å². The number of hydrogen-bond acceptors (Lipinski definition) is 4. The van der Waals surface area contributed by atoms with E-state index in [0.29, 0.717) is 39.3 Å². The molecule has 2 aliphatic heterocycles. The Kier molecular flexibility index (Phi) is 6.41. The fourth-order valence-electron chi connectivity index (χ4n) is 3.22. The van der Waals surface area contributed by atoms with Gasteiger partial charge in [-0.25, -0.2) is 0 Å². The van der Waals surface area contributed by atoms with E-state index < -0.39 is 0 Å². The van der Waals surface area contributed by atoms with E-state index >= 15 is 0 Å². The number of nitrogens with zero attached hydrogens (tertiary/aromatic N) is 2. The van der Waals surface area contributed by atoms with Crippen molar-refractivity contribution < 1.29 is 14.3 Å². The van der Waals surface area contributed by atoms with Crippen molar-refractivity contribution in [3.05, 3.63) is 0 Å². The molecule has 1 N–H and O–H groups in total. The Morgan fingerprint density at radius 1 is 1.13 bits per heavy atom. The third kappa shape index (κ3) is 5.77. The van der Waals surface area contributed by atoms with Crippen molar-refractivity contribution in [1.82, 2.24) is 15.1 Å². The van der Waals surface area contributed by atoms with Crippen LogP contribution in [0.4, 0.5) is 0 Å². The van der Waals surface area contributed by atoms with Gasteiger partial charge in [-0.2, -0.15) is 0 Å². The molecule has 2 rings (SSSR count). The van der Waals surface area contributed by atoms with Crippen LogP contribution in [0.5, 0.6) is 0 Å². The Balaban J connectivity index is 1.85. The molecule has 2 amide bonds. The van der Waals surface area contributed by atoms with E-state index in [-0.39, 0.29) is 23.4 Å².